The number of carbonyl (C=O) groups is 1. The zero-order chi connectivity index (χ0) is 15.3. The lowest BCUT2D eigenvalue weighted by Crippen LogP contribution is -2.34. The second kappa shape index (κ2) is 6.27. The first-order chi connectivity index (χ1) is 9.31. The van der Waals surface area contributed by atoms with Gasteiger partial charge in [-0.3, -0.25) is 4.79 Å². The van der Waals surface area contributed by atoms with E-state index in [0.717, 1.165) is 12.1 Å². The quantitative estimate of drug-likeness (QED) is 0.835. The van der Waals surface area contributed by atoms with E-state index in [9.17, 15) is 22.8 Å². The molecule has 0 fully saturated rings. The van der Waals surface area contributed by atoms with E-state index in [1.54, 1.807) is 0 Å². The number of rotatable bonds is 4. The van der Waals surface area contributed by atoms with Crippen LogP contribution in [0, 0.1) is 0 Å². The lowest BCUT2D eigenvalue weighted by atomic mass is 10.3. The number of nitrogens with one attached hydrogen (secondary N) is 2. The molecule has 0 aromatic carbocycles. The Morgan fingerprint density at radius 1 is 1.45 bits per heavy atom. The summed E-state index contributed by atoms with van der Waals surface area (Å²) in [5.74, 6) is 0. The summed E-state index contributed by atoms with van der Waals surface area (Å²) in [5.41, 5.74) is -2.18. The van der Waals surface area contributed by atoms with Crippen molar-refractivity contribution in [1.29, 1.82) is 0 Å². The fraction of sp³-hybridized carbons (Fsp3) is 0.333. The van der Waals surface area contributed by atoms with Crippen LogP contribution in [0.4, 0.5) is 23.7 Å². The lowest BCUT2D eigenvalue weighted by Gasteiger charge is -2.15. The molecule has 0 aliphatic rings. The van der Waals surface area contributed by atoms with Crippen molar-refractivity contribution >= 4 is 11.7 Å². The SMILES string of the molecule is C=CCNC(=O)Nc1ccc(C(F)(F)F)n(CC)c1=O. The van der Waals surface area contributed by atoms with Crippen LogP contribution in [0.2, 0.25) is 0 Å². The van der Waals surface area contributed by atoms with Crippen LogP contribution in [0.15, 0.2) is 29.6 Å². The Kier molecular flexibility index (Phi) is 4.95. The molecular weight excluding hydrogens is 275 g/mol. The Labute approximate surface area is 113 Å². The van der Waals surface area contributed by atoms with Gasteiger partial charge in [-0.15, -0.1) is 6.58 Å². The van der Waals surface area contributed by atoms with Crippen LogP contribution < -0.4 is 16.2 Å². The van der Waals surface area contributed by atoms with Crippen LogP contribution in [0.1, 0.15) is 12.6 Å². The van der Waals surface area contributed by atoms with E-state index < -0.39 is 23.5 Å². The first kappa shape index (κ1) is 15.8. The number of urea groups is 1. The highest BCUT2D eigenvalue weighted by Gasteiger charge is 2.34. The largest absolute Gasteiger partial charge is 0.431 e. The summed E-state index contributed by atoms with van der Waals surface area (Å²) in [5, 5.41) is 4.55. The zero-order valence-electron chi connectivity index (χ0n) is 10.8. The molecule has 0 aliphatic heterocycles. The molecule has 0 saturated carbocycles. The fourth-order valence-corrected chi connectivity index (χ4v) is 1.57. The van der Waals surface area contributed by atoms with Gasteiger partial charge in [0.05, 0.1) is 0 Å². The van der Waals surface area contributed by atoms with Gasteiger partial charge < -0.3 is 15.2 Å². The van der Waals surface area contributed by atoms with Gasteiger partial charge in [-0.25, -0.2) is 4.79 Å². The van der Waals surface area contributed by atoms with Crippen molar-refractivity contribution in [2.24, 2.45) is 0 Å². The number of halogens is 3. The molecule has 0 spiro atoms. The number of amides is 2. The van der Waals surface area contributed by atoms with E-state index in [1.165, 1.54) is 13.0 Å². The molecule has 0 bridgehead atoms. The molecule has 0 aliphatic carbocycles. The van der Waals surface area contributed by atoms with E-state index >= 15 is 0 Å². The van der Waals surface area contributed by atoms with Gasteiger partial charge in [-0.1, -0.05) is 6.08 Å². The Morgan fingerprint density at radius 3 is 2.60 bits per heavy atom. The van der Waals surface area contributed by atoms with Gasteiger partial charge in [-0.2, -0.15) is 13.2 Å². The monoisotopic (exact) mass is 289 g/mol. The second-order valence-corrected chi connectivity index (χ2v) is 3.80. The van der Waals surface area contributed by atoms with Crippen molar-refractivity contribution in [1.82, 2.24) is 9.88 Å². The van der Waals surface area contributed by atoms with Crippen LogP contribution in [0.3, 0.4) is 0 Å². The minimum absolute atomic E-state index is 0.155. The predicted octanol–water partition coefficient (Wildman–Crippen LogP) is 2.19. The normalized spacial score (nSPS) is 11.0. The molecule has 0 saturated heterocycles. The van der Waals surface area contributed by atoms with Crippen LogP contribution in [-0.2, 0) is 12.7 Å². The summed E-state index contributed by atoms with van der Waals surface area (Å²) in [6.45, 7) is 4.82. The van der Waals surface area contributed by atoms with Crippen molar-refractivity contribution in [3.05, 3.63) is 40.8 Å². The molecule has 1 heterocycles. The summed E-state index contributed by atoms with van der Waals surface area (Å²) in [7, 11) is 0. The lowest BCUT2D eigenvalue weighted by molar-refractivity contribution is -0.144. The zero-order valence-corrected chi connectivity index (χ0v) is 10.8. The number of hydrogen-bond acceptors (Lipinski definition) is 2. The molecule has 2 amide bonds. The van der Waals surface area contributed by atoms with Gasteiger partial charge in [0.2, 0.25) is 0 Å². The molecule has 110 valence electrons. The summed E-state index contributed by atoms with van der Waals surface area (Å²) >= 11 is 0. The molecule has 20 heavy (non-hydrogen) atoms. The Bertz CT molecular complexity index is 564. The van der Waals surface area contributed by atoms with Crippen molar-refractivity contribution in [3.63, 3.8) is 0 Å². The fourth-order valence-electron chi connectivity index (χ4n) is 1.57. The van der Waals surface area contributed by atoms with Gasteiger partial charge in [0.1, 0.15) is 11.4 Å². The maximum absolute atomic E-state index is 12.7. The topological polar surface area (TPSA) is 63.1 Å². The minimum Gasteiger partial charge on any atom is -0.334 e. The standard InChI is InChI=1S/C12H14F3N3O2/c1-3-7-16-11(20)17-8-5-6-9(12(13,14)15)18(4-2)10(8)19/h3,5-6H,1,4,7H2,2H3,(H2,16,17,20). The summed E-state index contributed by atoms with van der Waals surface area (Å²) in [4.78, 5) is 23.2. The van der Waals surface area contributed by atoms with Gasteiger partial charge in [0.15, 0.2) is 0 Å². The highest BCUT2D eigenvalue weighted by atomic mass is 19.4. The predicted molar refractivity (Wildman–Crippen MR) is 68.6 cm³/mol. The highest BCUT2D eigenvalue weighted by molar-refractivity contribution is 5.89. The first-order valence-corrected chi connectivity index (χ1v) is 5.78. The van der Waals surface area contributed by atoms with Gasteiger partial charge in [-0.05, 0) is 19.1 Å². The molecule has 1 aromatic rings. The third-order valence-corrected chi connectivity index (χ3v) is 2.44. The number of carbonyl (C=O) groups excluding carboxylic acids is 1. The smallest absolute Gasteiger partial charge is 0.334 e. The summed E-state index contributed by atoms with van der Waals surface area (Å²) in [6, 6.07) is 1.00. The molecule has 0 radical (unpaired) electrons. The molecule has 1 aromatic heterocycles. The maximum atomic E-state index is 12.7. The average molecular weight is 289 g/mol. The summed E-state index contributed by atoms with van der Waals surface area (Å²) in [6.07, 6.45) is -3.20. The second-order valence-electron chi connectivity index (χ2n) is 3.80. The van der Waals surface area contributed by atoms with Crippen LogP contribution in [0.5, 0.6) is 0 Å². The Morgan fingerprint density at radius 2 is 2.10 bits per heavy atom. The molecule has 8 heteroatoms. The van der Waals surface area contributed by atoms with E-state index in [1.807, 2.05) is 0 Å². The first-order valence-electron chi connectivity index (χ1n) is 5.78. The van der Waals surface area contributed by atoms with E-state index in [2.05, 4.69) is 17.2 Å². The Hall–Kier alpha value is -2.25. The number of anilines is 1. The number of pyridine rings is 1. The van der Waals surface area contributed by atoms with Crippen molar-refractivity contribution < 1.29 is 18.0 Å². The average Bonchev–Trinajstić information content (AvgIpc) is 2.37. The third-order valence-electron chi connectivity index (χ3n) is 2.44. The Balaban J connectivity index is 3.10. The van der Waals surface area contributed by atoms with Crippen LogP contribution >= 0.6 is 0 Å². The van der Waals surface area contributed by atoms with Crippen LogP contribution in [0.25, 0.3) is 0 Å². The van der Waals surface area contributed by atoms with Crippen molar-refractivity contribution in [2.75, 3.05) is 11.9 Å². The van der Waals surface area contributed by atoms with E-state index in [4.69, 9.17) is 0 Å². The van der Waals surface area contributed by atoms with E-state index in [0.29, 0.717) is 4.57 Å². The molecule has 2 N–H and O–H groups in total. The highest BCUT2D eigenvalue weighted by Crippen LogP contribution is 2.28. The molecule has 0 atom stereocenters. The van der Waals surface area contributed by atoms with E-state index in [-0.39, 0.29) is 18.8 Å². The third kappa shape index (κ3) is 3.62. The summed E-state index contributed by atoms with van der Waals surface area (Å²) < 4.78 is 38.7. The molecule has 5 nitrogen and oxygen atoms in total. The number of alkyl halides is 3. The number of aromatic nitrogens is 1. The number of nitrogens with zero attached hydrogens (tertiary/aromatic N) is 1. The maximum Gasteiger partial charge on any atom is 0.431 e. The van der Waals surface area contributed by atoms with Crippen molar-refractivity contribution in [3.8, 4) is 0 Å². The van der Waals surface area contributed by atoms with Crippen LogP contribution in [-0.4, -0.2) is 17.1 Å². The van der Waals surface area contributed by atoms with Gasteiger partial charge in [0, 0.05) is 13.1 Å². The van der Waals surface area contributed by atoms with Gasteiger partial charge >= 0.3 is 12.2 Å². The number of hydrogen-bond donors (Lipinski definition) is 2. The molecule has 0 unspecified atom stereocenters. The molecule has 1 rings (SSSR count). The minimum atomic E-state index is -4.63. The molecular formula is C12H14F3N3O2. The van der Waals surface area contributed by atoms with Gasteiger partial charge in [0.25, 0.3) is 5.56 Å². The van der Waals surface area contributed by atoms with Crippen molar-refractivity contribution in [2.45, 2.75) is 19.6 Å².